The van der Waals surface area contributed by atoms with Crippen molar-refractivity contribution in [2.75, 3.05) is 6.61 Å². The summed E-state index contributed by atoms with van der Waals surface area (Å²) in [6.07, 6.45) is 5.44. The third-order valence-corrected chi connectivity index (χ3v) is 4.26. The zero-order valence-corrected chi connectivity index (χ0v) is 14.1. The highest BCUT2D eigenvalue weighted by Gasteiger charge is 2.15. The summed E-state index contributed by atoms with van der Waals surface area (Å²) in [6, 6.07) is 7.94. The number of aliphatic hydroxyl groups excluding tert-OH is 1. The number of hydrogen-bond acceptors (Lipinski definition) is 2. The SMILES string of the molecule is CCCC(CCC)COc1cccc([C@H](O)[C@H](C)CC)c1. The van der Waals surface area contributed by atoms with Crippen molar-refractivity contribution >= 4 is 0 Å². The molecule has 0 saturated heterocycles. The van der Waals surface area contributed by atoms with Crippen molar-refractivity contribution in [1.82, 2.24) is 0 Å². The molecule has 0 spiro atoms. The summed E-state index contributed by atoms with van der Waals surface area (Å²) < 4.78 is 5.97. The van der Waals surface area contributed by atoms with Crippen LogP contribution in [-0.4, -0.2) is 11.7 Å². The molecule has 0 saturated carbocycles. The van der Waals surface area contributed by atoms with Crippen LogP contribution >= 0.6 is 0 Å². The van der Waals surface area contributed by atoms with E-state index in [1.54, 1.807) is 0 Å². The minimum absolute atomic E-state index is 0.271. The van der Waals surface area contributed by atoms with E-state index in [-0.39, 0.29) is 5.92 Å². The molecule has 1 aromatic carbocycles. The Labute approximate surface area is 130 Å². The highest BCUT2D eigenvalue weighted by molar-refractivity contribution is 5.30. The Balaban J connectivity index is 2.63. The molecule has 0 amide bonds. The van der Waals surface area contributed by atoms with Gasteiger partial charge < -0.3 is 9.84 Å². The number of aliphatic hydroxyl groups is 1. The molecule has 0 bridgehead atoms. The van der Waals surface area contributed by atoms with Gasteiger partial charge in [-0.15, -0.1) is 0 Å². The van der Waals surface area contributed by atoms with E-state index in [0.29, 0.717) is 5.92 Å². The molecule has 0 radical (unpaired) electrons. The van der Waals surface area contributed by atoms with E-state index in [1.807, 2.05) is 24.3 Å². The lowest BCUT2D eigenvalue weighted by molar-refractivity contribution is 0.115. The molecule has 120 valence electrons. The first kappa shape index (κ1) is 18.0. The number of rotatable bonds is 10. The van der Waals surface area contributed by atoms with Crippen molar-refractivity contribution in [3.8, 4) is 5.75 Å². The molecule has 21 heavy (non-hydrogen) atoms. The van der Waals surface area contributed by atoms with Crippen molar-refractivity contribution in [3.63, 3.8) is 0 Å². The van der Waals surface area contributed by atoms with Crippen LogP contribution in [0.4, 0.5) is 0 Å². The van der Waals surface area contributed by atoms with Crippen LogP contribution in [-0.2, 0) is 0 Å². The average Bonchev–Trinajstić information content (AvgIpc) is 2.52. The fourth-order valence-electron chi connectivity index (χ4n) is 2.68. The highest BCUT2D eigenvalue weighted by atomic mass is 16.5. The Bertz CT molecular complexity index is 383. The predicted molar refractivity (Wildman–Crippen MR) is 89.7 cm³/mol. The quantitative estimate of drug-likeness (QED) is 0.629. The van der Waals surface area contributed by atoms with Gasteiger partial charge in [0.05, 0.1) is 12.7 Å². The zero-order chi connectivity index (χ0) is 15.7. The summed E-state index contributed by atoms with van der Waals surface area (Å²) in [6.45, 7) is 9.42. The van der Waals surface area contributed by atoms with Crippen molar-refractivity contribution < 1.29 is 9.84 Å². The summed E-state index contributed by atoms with van der Waals surface area (Å²) in [5, 5.41) is 10.3. The smallest absolute Gasteiger partial charge is 0.119 e. The summed E-state index contributed by atoms with van der Waals surface area (Å²) in [5.41, 5.74) is 0.962. The van der Waals surface area contributed by atoms with E-state index in [1.165, 1.54) is 25.7 Å². The molecule has 2 atom stereocenters. The molecule has 1 rings (SSSR count). The standard InChI is InChI=1S/C19H32O2/c1-5-9-16(10-6-2)14-21-18-12-8-11-17(13-18)19(20)15(4)7-3/h8,11-13,15-16,19-20H,5-7,9-10,14H2,1-4H3/t15-,19-/m1/s1. The van der Waals surface area contributed by atoms with E-state index in [0.717, 1.165) is 24.3 Å². The van der Waals surface area contributed by atoms with Gasteiger partial charge in [-0.3, -0.25) is 0 Å². The second kappa shape index (κ2) is 9.83. The Kier molecular flexibility index (Phi) is 8.44. The van der Waals surface area contributed by atoms with Crippen LogP contribution in [0.3, 0.4) is 0 Å². The van der Waals surface area contributed by atoms with Crippen LogP contribution in [0.2, 0.25) is 0 Å². The molecular formula is C19H32O2. The average molecular weight is 292 g/mol. The fourth-order valence-corrected chi connectivity index (χ4v) is 2.68. The van der Waals surface area contributed by atoms with Crippen molar-refractivity contribution in [2.24, 2.45) is 11.8 Å². The van der Waals surface area contributed by atoms with Gasteiger partial charge in [0, 0.05) is 0 Å². The van der Waals surface area contributed by atoms with E-state index >= 15 is 0 Å². The molecule has 0 aliphatic rings. The first-order valence-corrected chi connectivity index (χ1v) is 8.53. The molecule has 0 aliphatic heterocycles. The van der Waals surface area contributed by atoms with Crippen LogP contribution < -0.4 is 4.74 Å². The largest absolute Gasteiger partial charge is 0.493 e. The first-order chi connectivity index (χ1) is 10.1. The second-order valence-corrected chi connectivity index (χ2v) is 6.16. The van der Waals surface area contributed by atoms with Gasteiger partial charge in [-0.1, -0.05) is 59.1 Å². The molecule has 0 aliphatic carbocycles. The van der Waals surface area contributed by atoms with Crippen LogP contribution in [0.15, 0.2) is 24.3 Å². The molecule has 2 nitrogen and oxygen atoms in total. The van der Waals surface area contributed by atoms with E-state index in [2.05, 4.69) is 27.7 Å². The van der Waals surface area contributed by atoms with Crippen LogP contribution in [0, 0.1) is 11.8 Å². The summed E-state index contributed by atoms with van der Waals surface area (Å²) in [5.74, 6) is 1.79. The summed E-state index contributed by atoms with van der Waals surface area (Å²) in [4.78, 5) is 0. The van der Waals surface area contributed by atoms with Crippen molar-refractivity contribution in [1.29, 1.82) is 0 Å². The lowest BCUT2D eigenvalue weighted by Crippen LogP contribution is -2.12. The molecule has 0 heterocycles. The number of benzene rings is 1. The lowest BCUT2D eigenvalue weighted by atomic mass is 9.95. The Hall–Kier alpha value is -1.02. The Morgan fingerprint density at radius 2 is 1.76 bits per heavy atom. The van der Waals surface area contributed by atoms with Gasteiger partial charge in [0.1, 0.15) is 5.75 Å². The van der Waals surface area contributed by atoms with Crippen LogP contribution in [0.1, 0.15) is 71.5 Å². The highest BCUT2D eigenvalue weighted by Crippen LogP contribution is 2.27. The maximum atomic E-state index is 10.3. The predicted octanol–water partition coefficient (Wildman–Crippen LogP) is 5.36. The molecule has 2 heteroatoms. The fraction of sp³-hybridized carbons (Fsp3) is 0.684. The summed E-state index contributed by atoms with van der Waals surface area (Å²) in [7, 11) is 0. The molecule has 1 aromatic rings. The molecular weight excluding hydrogens is 260 g/mol. The normalized spacial score (nSPS) is 14.2. The zero-order valence-electron chi connectivity index (χ0n) is 14.1. The van der Waals surface area contributed by atoms with Gasteiger partial charge in [-0.05, 0) is 42.4 Å². The van der Waals surface area contributed by atoms with E-state index in [4.69, 9.17) is 4.74 Å². The van der Waals surface area contributed by atoms with E-state index in [9.17, 15) is 5.11 Å². The van der Waals surface area contributed by atoms with E-state index < -0.39 is 6.10 Å². The van der Waals surface area contributed by atoms with Gasteiger partial charge in [0.15, 0.2) is 0 Å². The Morgan fingerprint density at radius 1 is 1.10 bits per heavy atom. The van der Waals surface area contributed by atoms with Crippen LogP contribution in [0.25, 0.3) is 0 Å². The van der Waals surface area contributed by atoms with Crippen LogP contribution in [0.5, 0.6) is 5.75 Å². The topological polar surface area (TPSA) is 29.5 Å². The third kappa shape index (κ3) is 6.09. The van der Waals surface area contributed by atoms with Gasteiger partial charge >= 0.3 is 0 Å². The van der Waals surface area contributed by atoms with Gasteiger partial charge in [-0.2, -0.15) is 0 Å². The number of hydrogen-bond donors (Lipinski definition) is 1. The minimum atomic E-state index is -0.402. The third-order valence-electron chi connectivity index (χ3n) is 4.26. The second-order valence-electron chi connectivity index (χ2n) is 6.16. The summed E-state index contributed by atoms with van der Waals surface area (Å²) >= 11 is 0. The maximum absolute atomic E-state index is 10.3. The maximum Gasteiger partial charge on any atom is 0.119 e. The molecule has 0 unspecified atom stereocenters. The number of ether oxygens (including phenoxy) is 1. The lowest BCUT2D eigenvalue weighted by Gasteiger charge is -2.19. The van der Waals surface area contributed by atoms with Crippen molar-refractivity contribution in [3.05, 3.63) is 29.8 Å². The molecule has 0 fully saturated rings. The monoisotopic (exact) mass is 292 g/mol. The molecule has 0 aromatic heterocycles. The van der Waals surface area contributed by atoms with Gasteiger partial charge in [0.25, 0.3) is 0 Å². The van der Waals surface area contributed by atoms with Crippen molar-refractivity contribution in [2.45, 2.75) is 65.9 Å². The van der Waals surface area contributed by atoms with Gasteiger partial charge in [0.2, 0.25) is 0 Å². The minimum Gasteiger partial charge on any atom is -0.493 e. The first-order valence-electron chi connectivity index (χ1n) is 8.53. The Morgan fingerprint density at radius 3 is 2.33 bits per heavy atom. The molecule has 1 N–H and O–H groups in total. The van der Waals surface area contributed by atoms with Gasteiger partial charge in [-0.25, -0.2) is 0 Å².